The first kappa shape index (κ1) is 19.7. The van der Waals surface area contributed by atoms with Crippen LogP contribution in [-0.4, -0.2) is 75.7 Å². The molecule has 1 aliphatic heterocycles. The molecule has 4 rings (SSSR count). The Hall–Kier alpha value is -3.56. The van der Waals surface area contributed by atoms with Crippen molar-refractivity contribution in [2.24, 2.45) is 7.05 Å². The van der Waals surface area contributed by atoms with Crippen molar-refractivity contribution in [2.75, 3.05) is 50.1 Å². The number of aromatic nitrogens is 4. The molecule has 0 radical (unpaired) electrons. The molecule has 1 saturated heterocycles. The Morgan fingerprint density at radius 3 is 2.40 bits per heavy atom. The molecule has 1 aromatic carbocycles. The number of anilines is 2. The minimum atomic E-state index is -0.916. The van der Waals surface area contributed by atoms with Gasteiger partial charge in [0.2, 0.25) is 5.95 Å². The molecule has 1 fully saturated rings. The average molecular weight is 411 g/mol. The number of benzene rings is 1. The summed E-state index contributed by atoms with van der Waals surface area (Å²) in [5.41, 5.74) is 1.87. The Kier molecular flexibility index (Phi) is 5.06. The SMILES string of the molecule is CN(C)c1nn(C)c(=O)c2nc(N3CCN(C(=O)O)CC3)n(Cc3ccccc3)c12. The smallest absolute Gasteiger partial charge is 0.407 e. The summed E-state index contributed by atoms with van der Waals surface area (Å²) in [6, 6.07) is 9.97. The van der Waals surface area contributed by atoms with Crippen molar-refractivity contribution in [1.82, 2.24) is 24.2 Å². The summed E-state index contributed by atoms with van der Waals surface area (Å²) in [6.45, 7) is 2.33. The standard InChI is InChI=1S/C20H25N7O3/c1-23(2)17-16-15(18(28)24(3)22-17)21-19(25-9-11-26(12-10-25)20(29)30)27(16)13-14-7-5-4-6-8-14/h4-8H,9-13H2,1-3H3,(H,29,30). The van der Waals surface area contributed by atoms with E-state index in [0.717, 1.165) is 5.56 Å². The second-order valence-corrected chi connectivity index (χ2v) is 7.58. The largest absolute Gasteiger partial charge is 0.465 e. The van der Waals surface area contributed by atoms with Crippen LogP contribution in [0.15, 0.2) is 35.1 Å². The molecule has 0 unspecified atom stereocenters. The zero-order valence-electron chi connectivity index (χ0n) is 17.3. The number of piperazine rings is 1. The molecule has 10 nitrogen and oxygen atoms in total. The Morgan fingerprint density at radius 1 is 1.13 bits per heavy atom. The molecular formula is C20H25N7O3. The van der Waals surface area contributed by atoms with Crippen LogP contribution in [0.4, 0.5) is 16.6 Å². The first-order chi connectivity index (χ1) is 14.4. The molecule has 30 heavy (non-hydrogen) atoms. The van der Waals surface area contributed by atoms with Crippen molar-refractivity contribution in [2.45, 2.75) is 6.54 Å². The van der Waals surface area contributed by atoms with E-state index >= 15 is 0 Å². The predicted octanol–water partition coefficient (Wildman–Crippen LogP) is 1.04. The summed E-state index contributed by atoms with van der Waals surface area (Å²) in [7, 11) is 5.39. The van der Waals surface area contributed by atoms with Gasteiger partial charge in [-0.3, -0.25) is 4.79 Å². The van der Waals surface area contributed by atoms with Gasteiger partial charge in [0.15, 0.2) is 11.3 Å². The van der Waals surface area contributed by atoms with Gasteiger partial charge in [-0.05, 0) is 5.56 Å². The molecule has 3 aromatic rings. The van der Waals surface area contributed by atoms with Crippen molar-refractivity contribution in [3.05, 3.63) is 46.2 Å². The number of hydrogen-bond acceptors (Lipinski definition) is 6. The monoisotopic (exact) mass is 411 g/mol. The molecule has 0 atom stereocenters. The van der Waals surface area contributed by atoms with E-state index in [-0.39, 0.29) is 5.56 Å². The number of rotatable bonds is 4. The van der Waals surface area contributed by atoms with Crippen LogP contribution in [0.1, 0.15) is 5.56 Å². The topological polar surface area (TPSA) is 99.7 Å². The Balaban J connectivity index is 1.87. The van der Waals surface area contributed by atoms with Crippen LogP contribution in [0.3, 0.4) is 0 Å². The van der Waals surface area contributed by atoms with Crippen molar-refractivity contribution >= 4 is 28.9 Å². The van der Waals surface area contributed by atoms with E-state index in [1.165, 1.54) is 9.58 Å². The van der Waals surface area contributed by atoms with Crippen molar-refractivity contribution in [3.63, 3.8) is 0 Å². The maximum Gasteiger partial charge on any atom is 0.407 e. The highest BCUT2D eigenvalue weighted by Crippen LogP contribution is 2.28. The maximum atomic E-state index is 12.8. The van der Waals surface area contributed by atoms with Crippen LogP contribution < -0.4 is 15.4 Å². The zero-order chi connectivity index (χ0) is 21.4. The Labute approximate surface area is 173 Å². The van der Waals surface area contributed by atoms with E-state index < -0.39 is 6.09 Å². The van der Waals surface area contributed by atoms with Crippen LogP contribution in [0, 0.1) is 0 Å². The lowest BCUT2D eigenvalue weighted by Gasteiger charge is -2.34. The van der Waals surface area contributed by atoms with Crippen LogP contribution in [0.5, 0.6) is 0 Å². The molecule has 0 bridgehead atoms. The van der Waals surface area contributed by atoms with Gasteiger partial charge in [-0.25, -0.2) is 14.5 Å². The number of imidazole rings is 1. The highest BCUT2D eigenvalue weighted by molar-refractivity contribution is 5.88. The highest BCUT2D eigenvalue weighted by Gasteiger charge is 2.27. The van der Waals surface area contributed by atoms with Crippen LogP contribution in [-0.2, 0) is 13.6 Å². The van der Waals surface area contributed by atoms with E-state index in [1.807, 2.05) is 58.8 Å². The minimum Gasteiger partial charge on any atom is -0.465 e. The van der Waals surface area contributed by atoms with E-state index in [4.69, 9.17) is 4.98 Å². The Bertz CT molecular complexity index is 1130. The summed E-state index contributed by atoms with van der Waals surface area (Å²) in [4.78, 5) is 34.2. The lowest BCUT2D eigenvalue weighted by Crippen LogP contribution is -2.49. The summed E-state index contributed by atoms with van der Waals surface area (Å²) in [5, 5.41) is 13.7. The van der Waals surface area contributed by atoms with E-state index in [2.05, 4.69) is 5.10 Å². The van der Waals surface area contributed by atoms with Crippen LogP contribution >= 0.6 is 0 Å². The first-order valence-corrected chi connectivity index (χ1v) is 9.78. The quantitative estimate of drug-likeness (QED) is 0.685. The van der Waals surface area contributed by atoms with E-state index in [0.29, 0.717) is 55.5 Å². The fourth-order valence-corrected chi connectivity index (χ4v) is 3.76. The summed E-state index contributed by atoms with van der Waals surface area (Å²) < 4.78 is 3.33. The molecule has 0 saturated carbocycles. The second-order valence-electron chi connectivity index (χ2n) is 7.58. The number of hydrogen-bond donors (Lipinski definition) is 1. The zero-order valence-corrected chi connectivity index (χ0v) is 17.3. The number of aryl methyl sites for hydroxylation is 1. The molecule has 1 aliphatic rings. The van der Waals surface area contributed by atoms with Gasteiger partial charge in [-0.1, -0.05) is 30.3 Å². The predicted molar refractivity (Wildman–Crippen MR) is 114 cm³/mol. The lowest BCUT2D eigenvalue weighted by molar-refractivity contribution is 0.142. The van der Waals surface area contributed by atoms with Crippen molar-refractivity contribution in [3.8, 4) is 0 Å². The van der Waals surface area contributed by atoms with Gasteiger partial charge in [0.05, 0.1) is 6.54 Å². The van der Waals surface area contributed by atoms with Crippen LogP contribution in [0.2, 0.25) is 0 Å². The first-order valence-electron chi connectivity index (χ1n) is 9.78. The summed E-state index contributed by atoms with van der Waals surface area (Å²) in [6.07, 6.45) is -0.916. The van der Waals surface area contributed by atoms with Gasteiger partial charge < -0.3 is 24.4 Å². The molecule has 3 heterocycles. The summed E-state index contributed by atoms with van der Waals surface area (Å²) in [5.74, 6) is 1.32. The van der Waals surface area contributed by atoms with Gasteiger partial charge in [0, 0.05) is 47.3 Å². The normalized spacial score (nSPS) is 14.4. The summed E-state index contributed by atoms with van der Waals surface area (Å²) >= 11 is 0. The van der Waals surface area contributed by atoms with E-state index in [1.54, 1.807) is 7.05 Å². The van der Waals surface area contributed by atoms with Crippen molar-refractivity contribution < 1.29 is 9.90 Å². The molecule has 1 N–H and O–H groups in total. The molecule has 0 spiro atoms. The highest BCUT2D eigenvalue weighted by atomic mass is 16.4. The maximum absolute atomic E-state index is 12.8. The average Bonchev–Trinajstić information content (AvgIpc) is 3.10. The van der Waals surface area contributed by atoms with Crippen molar-refractivity contribution in [1.29, 1.82) is 0 Å². The van der Waals surface area contributed by atoms with Gasteiger partial charge in [0.1, 0.15) is 5.52 Å². The number of carboxylic acid groups (broad SMARTS) is 1. The minimum absolute atomic E-state index is 0.257. The fourth-order valence-electron chi connectivity index (χ4n) is 3.76. The molecule has 158 valence electrons. The third-order valence-electron chi connectivity index (χ3n) is 5.34. The number of fused-ring (bicyclic) bond motifs is 1. The molecule has 2 aromatic heterocycles. The number of nitrogens with zero attached hydrogens (tertiary/aromatic N) is 7. The number of amides is 1. The molecule has 1 amide bonds. The molecule has 10 heteroatoms. The number of carbonyl (C=O) groups is 1. The second kappa shape index (κ2) is 7.69. The van der Waals surface area contributed by atoms with E-state index in [9.17, 15) is 14.7 Å². The van der Waals surface area contributed by atoms with Gasteiger partial charge in [-0.2, -0.15) is 0 Å². The van der Waals surface area contributed by atoms with Gasteiger partial charge in [0.25, 0.3) is 5.56 Å². The third-order valence-corrected chi connectivity index (χ3v) is 5.34. The fraction of sp³-hybridized carbons (Fsp3) is 0.400. The van der Waals surface area contributed by atoms with Gasteiger partial charge >= 0.3 is 6.09 Å². The molecule has 0 aliphatic carbocycles. The van der Waals surface area contributed by atoms with Crippen LogP contribution in [0.25, 0.3) is 11.0 Å². The third kappa shape index (κ3) is 3.44. The Morgan fingerprint density at radius 2 is 1.80 bits per heavy atom. The van der Waals surface area contributed by atoms with Gasteiger partial charge in [-0.15, -0.1) is 5.10 Å². The molecular weight excluding hydrogens is 386 g/mol. The lowest BCUT2D eigenvalue weighted by atomic mass is 10.2.